The molecule has 4 aromatic rings. The van der Waals surface area contributed by atoms with Crippen LogP contribution in [0.3, 0.4) is 0 Å². The minimum atomic E-state index is 0.426. The van der Waals surface area contributed by atoms with E-state index in [4.69, 9.17) is 18.9 Å². The molecule has 3 heterocycles. The van der Waals surface area contributed by atoms with E-state index in [-0.39, 0.29) is 0 Å². The van der Waals surface area contributed by atoms with Crippen molar-refractivity contribution in [2.75, 3.05) is 0 Å². The Kier molecular flexibility index (Phi) is 4.03. The summed E-state index contributed by atoms with van der Waals surface area (Å²) >= 11 is 0. The molecule has 5 nitrogen and oxygen atoms in total. The van der Waals surface area contributed by atoms with Crippen molar-refractivity contribution in [3.8, 4) is 46.3 Å². The van der Waals surface area contributed by atoms with Crippen molar-refractivity contribution in [1.29, 1.82) is 0 Å². The molecule has 136 valence electrons. The lowest BCUT2D eigenvalue weighted by Crippen LogP contribution is -1.92. The molecule has 5 heteroatoms. The van der Waals surface area contributed by atoms with Gasteiger partial charge in [0.25, 0.3) is 0 Å². The smallest absolute Gasteiger partial charge is 0.222 e. The van der Waals surface area contributed by atoms with Crippen LogP contribution in [0.1, 0.15) is 0 Å². The second kappa shape index (κ2) is 6.96. The van der Waals surface area contributed by atoms with Gasteiger partial charge in [-0.2, -0.15) is 4.98 Å². The molecule has 0 fully saturated rings. The quantitative estimate of drug-likeness (QED) is 0.309. The van der Waals surface area contributed by atoms with Gasteiger partial charge in [-0.1, -0.05) is 18.2 Å². The topological polar surface area (TPSA) is 49.8 Å². The fourth-order valence-electron chi connectivity index (χ4n) is 2.80. The van der Waals surface area contributed by atoms with Crippen LogP contribution in [0.25, 0.3) is 0 Å². The summed E-state index contributed by atoms with van der Waals surface area (Å²) in [5.74, 6) is 4.81. The van der Waals surface area contributed by atoms with Crippen LogP contribution < -0.4 is 18.9 Å². The minimum absolute atomic E-state index is 0.426. The van der Waals surface area contributed by atoms with Crippen molar-refractivity contribution in [2.24, 2.45) is 0 Å². The Hall–Kier alpha value is -3.99. The minimum Gasteiger partial charge on any atom is -0.457 e. The zero-order valence-electron chi connectivity index (χ0n) is 14.7. The Morgan fingerprint density at radius 3 is 1.25 bits per heavy atom. The first-order valence-corrected chi connectivity index (χ1v) is 8.79. The SMILES string of the molecule is c1cc2cc(c1)Oc1cccc(n1)Oc1cccc(c1)Oc1ccc(cc1)O2. The van der Waals surface area contributed by atoms with E-state index < -0.39 is 0 Å². The lowest BCUT2D eigenvalue weighted by molar-refractivity contribution is 0.421. The van der Waals surface area contributed by atoms with E-state index in [2.05, 4.69) is 4.98 Å². The molecular formula is C23H15NO4. The van der Waals surface area contributed by atoms with Crippen molar-refractivity contribution in [3.05, 3.63) is 91.0 Å². The van der Waals surface area contributed by atoms with E-state index in [1.807, 2.05) is 66.7 Å². The molecule has 0 saturated heterocycles. The van der Waals surface area contributed by atoms with Crippen molar-refractivity contribution >= 4 is 0 Å². The average molecular weight is 369 g/mol. The third-order valence-electron chi connectivity index (χ3n) is 4.05. The van der Waals surface area contributed by atoms with Gasteiger partial charge in [0.2, 0.25) is 11.8 Å². The maximum atomic E-state index is 5.92. The van der Waals surface area contributed by atoms with Crippen LogP contribution in [0.15, 0.2) is 91.0 Å². The molecule has 6 rings (SSSR count). The molecule has 0 atom stereocenters. The van der Waals surface area contributed by atoms with Crippen LogP contribution in [0.2, 0.25) is 0 Å². The zero-order valence-corrected chi connectivity index (χ0v) is 14.7. The van der Waals surface area contributed by atoms with Gasteiger partial charge in [-0.05, 0) is 48.5 Å². The molecular weight excluding hydrogens is 354 g/mol. The molecule has 0 saturated carbocycles. The first kappa shape index (κ1) is 16.2. The fourth-order valence-corrected chi connectivity index (χ4v) is 2.80. The Labute approximate surface area is 161 Å². The second-order valence-corrected chi connectivity index (χ2v) is 6.14. The van der Waals surface area contributed by atoms with Crippen LogP contribution >= 0.6 is 0 Å². The molecule has 2 aliphatic heterocycles. The molecule has 0 radical (unpaired) electrons. The number of rotatable bonds is 0. The number of nitrogens with zero attached hydrogens (tertiary/aromatic N) is 1. The monoisotopic (exact) mass is 369 g/mol. The second-order valence-electron chi connectivity index (χ2n) is 6.14. The van der Waals surface area contributed by atoms with Gasteiger partial charge in [0.15, 0.2) is 0 Å². The normalized spacial score (nSPS) is 12.0. The number of fused-ring (bicyclic) bond motifs is 2. The maximum absolute atomic E-state index is 5.92. The summed E-state index contributed by atoms with van der Waals surface area (Å²) in [6.07, 6.45) is 0. The largest absolute Gasteiger partial charge is 0.457 e. The van der Waals surface area contributed by atoms with Crippen LogP contribution in [0.4, 0.5) is 0 Å². The van der Waals surface area contributed by atoms with E-state index in [0.717, 1.165) is 0 Å². The Morgan fingerprint density at radius 2 is 0.786 bits per heavy atom. The number of hydrogen-bond acceptors (Lipinski definition) is 5. The number of benzene rings is 3. The average Bonchev–Trinajstić information content (AvgIpc) is 2.70. The Morgan fingerprint density at radius 1 is 0.393 bits per heavy atom. The van der Waals surface area contributed by atoms with Crippen molar-refractivity contribution in [3.63, 3.8) is 0 Å². The summed E-state index contributed by atoms with van der Waals surface area (Å²) in [4.78, 5) is 4.41. The summed E-state index contributed by atoms with van der Waals surface area (Å²) in [7, 11) is 0. The standard InChI is InChI=1S/C23H15NO4/c1-4-18-14-20(6-1)27-22-8-3-9-23(24-22)28-21-7-2-5-19(15-21)26-17-12-10-16(25-18)11-13-17/h1-15H. The maximum Gasteiger partial charge on any atom is 0.222 e. The zero-order chi connectivity index (χ0) is 18.8. The van der Waals surface area contributed by atoms with Crippen LogP contribution in [0, 0.1) is 0 Å². The number of aromatic nitrogens is 1. The molecule has 0 unspecified atom stereocenters. The summed E-state index contributed by atoms with van der Waals surface area (Å²) in [6, 6.07) is 27.5. The molecule has 0 spiro atoms. The van der Waals surface area contributed by atoms with Crippen LogP contribution in [-0.2, 0) is 0 Å². The highest BCUT2D eigenvalue weighted by Crippen LogP contribution is 2.32. The highest BCUT2D eigenvalue weighted by Gasteiger charge is 2.07. The number of hydrogen-bond donors (Lipinski definition) is 0. The predicted octanol–water partition coefficient (Wildman–Crippen LogP) is 6.56. The van der Waals surface area contributed by atoms with Gasteiger partial charge in [-0.15, -0.1) is 0 Å². The van der Waals surface area contributed by atoms with Gasteiger partial charge < -0.3 is 18.9 Å². The molecule has 1 aromatic heterocycles. The number of pyridine rings is 1. The van der Waals surface area contributed by atoms with Crippen molar-refractivity contribution in [1.82, 2.24) is 4.98 Å². The van der Waals surface area contributed by atoms with Crippen LogP contribution in [-0.4, -0.2) is 4.98 Å². The van der Waals surface area contributed by atoms with Gasteiger partial charge in [0.05, 0.1) is 0 Å². The first-order valence-electron chi connectivity index (χ1n) is 8.79. The number of ether oxygens (including phenoxy) is 4. The molecule has 3 aromatic carbocycles. The summed E-state index contributed by atoms with van der Waals surface area (Å²) in [6.45, 7) is 0. The molecule has 2 aliphatic rings. The van der Waals surface area contributed by atoms with E-state index in [1.54, 1.807) is 24.3 Å². The van der Waals surface area contributed by atoms with E-state index in [0.29, 0.717) is 46.3 Å². The molecule has 28 heavy (non-hydrogen) atoms. The van der Waals surface area contributed by atoms with E-state index in [9.17, 15) is 0 Å². The van der Waals surface area contributed by atoms with Crippen LogP contribution in [0.5, 0.6) is 46.3 Å². The molecule has 0 aliphatic carbocycles. The first-order chi connectivity index (χ1) is 13.8. The Balaban J connectivity index is 1.58. The predicted molar refractivity (Wildman–Crippen MR) is 104 cm³/mol. The summed E-state index contributed by atoms with van der Waals surface area (Å²) in [5, 5.41) is 0. The summed E-state index contributed by atoms with van der Waals surface area (Å²) < 4.78 is 23.6. The third-order valence-corrected chi connectivity index (χ3v) is 4.05. The van der Waals surface area contributed by atoms with Gasteiger partial charge >= 0.3 is 0 Å². The van der Waals surface area contributed by atoms with Gasteiger partial charge in [0.1, 0.15) is 34.5 Å². The Bertz CT molecular complexity index is 1040. The highest BCUT2D eigenvalue weighted by molar-refractivity contribution is 5.42. The molecule has 0 amide bonds. The summed E-state index contributed by atoms with van der Waals surface area (Å²) in [5.41, 5.74) is 0. The van der Waals surface area contributed by atoms with Gasteiger partial charge in [-0.3, -0.25) is 0 Å². The van der Waals surface area contributed by atoms with E-state index >= 15 is 0 Å². The van der Waals surface area contributed by atoms with Gasteiger partial charge in [-0.25, -0.2) is 0 Å². The molecule has 0 N–H and O–H groups in total. The third kappa shape index (κ3) is 3.59. The lowest BCUT2D eigenvalue weighted by Gasteiger charge is -2.09. The van der Waals surface area contributed by atoms with Crippen molar-refractivity contribution < 1.29 is 18.9 Å². The van der Waals surface area contributed by atoms with Gasteiger partial charge in [0, 0.05) is 24.3 Å². The molecule has 8 bridgehead atoms. The lowest BCUT2D eigenvalue weighted by atomic mass is 10.3. The fraction of sp³-hybridized carbons (Fsp3) is 0. The van der Waals surface area contributed by atoms with E-state index in [1.165, 1.54) is 0 Å². The highest BCUT2D eigenvalue weighted by atomic mass is 16.5. The van der Waals surface area contributed by atoms with Crippen molar-refractivity contribution in [2.45, 2.75) is 0 Å².